The predicted molar refractivity (Wildman–Crippen MR) is 62.5 cm³/mol. The lowest BCUT2D eigenvalue weighted by atomic mass is 10.4. The summed E-state index contributed by atoms with van der Waals surface area (Å²) < 4.78 is 1.82. The maximum atomic E-state index is 11.2. The standard InChI is InChI=1S/C10H18N6O/c17-10-12-4-8-15(10)7-3-11-2-1-6-16-9-5-13-14-16/h5,9,11H,1-4,6-8H2,(H,12,17). The Morgan fingerprint density at radius 2 is 2.35 bits per heavy atom. The highest BCUT2D eigenvalue weighted by Crippen LogP contribution is 1.94. The van der Waals surface area contributed by atoms with Crippen molar-refractivity contribution in [1.82, 2.24) is 30.5 Å². The Balaban J connectivity index is 1.48. The molecule has 0 radical (unpaired) electrons. The lowest BCUT2D eigenvalue weighted by molar-refractivity contribution is 0.217. The van der Waals surface area contributed by atoms with Crippen LogP contribution >= 0.6 is 0 Å². The van der Waals surface area contributed by atoms with Gasteiger partial charge in [0.2, 0.25) is 0 Å². The van der Waals surface area contributed by atoms with E-state index in [0.29, 0.717) is 0 Å². The second-order valence-electron chi connectivity index (χ2n) is 3.99. The molecular formula is C10H18N6O. The molecule has 1 saturated heterocycles. The first-order chi connectivity index (χ1) is 8.36. The van der Waals surface area contributed by atoms with Gasteiger partial charge in [0.1, 0.15) is 0 Å². The van der Waals surface area contributed by atoms with E-state index in [9.17, 15) is 4.79 Å². The van der Waals surface area contributed by atoms with Crippen LogP contribution in [0.25, 0.3) is 0 Å². The average Bonchev–Trinajstić information content (AvgIpc) is 2.95. The molecule has 1 fully saturated rings. The fraction of sp³-hybridized carbons (Fsp3) is 0.700. The summed E-state index contributed by atoms with van der Waals surface area (Å²) >= 11 is 0. The van der Waals surface area contributed by atoms with Crippen LogP contribution in [0.1, 0.15) is 6.42 Å². The van der Waals surface area contributed by atoms with Crippen LogP contribution in [0.2, 0.25) is 0 Å². The lowest BCUT2D eigenvalue weighted by Gasteiger charge is -2.14. The quantitative estimate of drug-likeness (QED) is 0.615. The van der Waals surface area contributed by atoms with Gasteiger partial charge in [-0.2, -0.15) is 0 Å². The molecule has 1 aliphatic rings. The number of rotatable bonds is 7. The third-order valence-corrected chi connectivity index (χ3v) is 2.72. The maximum absolute atomic E-state index is 11.2. The molecule has 1 aromatic heterocycles. The summed E-state index contributed by atoms with van der Waals surface area (Å²) in [5.41, 5.74) is 0. The van der Waals surface area contributed by atoms with E-state index in [4.69, 9.17) is 0 Å². The summed E-state index contributed by atoms with van der Waals surface area (Å²) in [6, 6.07) is 0.0504. The zero-order valence-corrected chi connectivity index (χ0v) is 9.80. The highest BCUT2D eigenvalue weighted by molar-refractivity contribution is 5.76. The second kappa shape index (κ2) is 6.19. The van der Waals surface area contributed by atoms with Gasteiger partial charge in [-0.15, -0.1) is 5.10 Å². The van der Waals surface area contributed by atoms with Crippen molar-refractivity contribution in [3.05, 3.63) is 12.4 Å². The van der Waals surface area contributed by atoms with Gasteiger partial charge in [-0.1, -0.05) is 5.21 Å². The van der Waals surface area contributed by atoms with Gasteiger partial charge in [0.05, 0.1) is 6.20 Å². The summed E-state index contributed by atoms with van der Waals surface area (Å²) in [5.74, 6) is 0. The van der Waals surface area contributed by atoms with Crippen LogP contribution in [-0.2, 0) is 6.54 Å². The summed E-state index contributed by atoms with van der Waals surface area (Å²) in [7, 11) is 0. The van der Waals surface area contributed by atoms with E-state index in [1.165, 1.54) is 0 Å². The molecule has 7 heteroatoms. The fourth-order valence-corrected chi connectivity index (χ4v) is 1.78. The first-order valence-electron chi connectivity index (χ1n) is 5.94. The smallest absolute Gasteiger partial charge is 0.317 e. The topological polar surface area (TPSA) is 75.1 Å². The molecule has 0 saturated carbocycles. The first kappa shape index (κ1) is 11.8. The van der Waals surface area contributed by atoms with Crippen LogP contribution in [0.4, 0.5) is 4.79 Å². The molecular weight excluding hydrogens is 220 g/mol. The summed E-state index contributed by atoms with van der Waals surface area (Å²) in [4.78, 5) is 13.0. The van der Waals surface area contributed by atoms with E-state index in [0.717, 1.165) is 45.7 Å². The van der Waals surface area contributed by atoms with Gasteiger partial charge in [0.15, 0.2) is 0 Å². The average molecular weight is 238 g/mol. The number of carbonyl (C=O) groups is 1. The van der Waals surface area contributed by atoms with Gasteiger partial charge in [0.25, 0.3) is 0 Å². The molecule has 1 aromatic rings. The zero-order chi connectivity index (χ0) is 11.9. The molecule has 0 aliphatic carbocycles. The first-order valence-corrected chi connectivity index (χ1v) is 5.94. The van der Waals surface area contributed by atoms with Crippen LogP contribution in [0.15, 0.2) is 12.4 Å². The van der Waals surface area contributed by atoms with E-state index in [1.807, 2.05) is 15.8 Å². The molecule has 1 aliphatic heterocycles. The number of hydrogen-bond donors (Lipinski definition) is 2. The number of aromatic nitrogens is 3. The van der Waals surface area contributed by atoms with Gasteiger partial charge in [-0.25, -0.2) is 4.79 Å². The summed E-state index contributed by atoms with van der Waals surface area (Å²) in [5, 5.41) is 13.7. The minimum atomic E-state index is 0.0504. The van der Waals surface area contributed by atoms with Crippen molar-refractivity contribution in [3.8, 4) is 0 Å². The van der Waals surface area contributed by atoms with E-state index in [2.05, 4.69) is 20.9 Å². The maximum Gasteiger partial charge on any atom is 0.317 e. The largest absolute Gasteiger partial charge is 0.336 e. The normalized spacial score (nSPS) is 15.3. The SMILES string of the molecule is O=C1NCCN1CCNCCCn1ccnn1. The Kier molecular flexibility index (Phi) is 4.31. The molecule has 0 atom stereocenters. The molecule has 2 N–H and O–H groups in total. The third-order valence-electron chi connectivity index (χ3n) is 2.72. The van der Waals surface area contributed by atoms with Crippen molar-refractivity contribution in [1.29, 1.82) is 0 Å². The Morgan fingerprint density at radius 3 is 3.06 bits per heavy atom. The van der Waals surface area contributed by atoms with Crippen LogP contribution < -0.4 is 10.6 Å². The minimum Gasteiger partial charge on any atom is -0.336 e. The third kappa shape index (κ3) is 3.70. The molecule has 0 aromatic carbocycles. The van der Waals surface area contributed by atoms with Crippen molar-refractivity contribution in [2.24, 2.45) is 0 Å². The van der Waals surface area contributed by atoms with Crippen molar-refractivity contribution in [2.75, 3.05) is 32.7 Å². The Hall–Kier alpha value is -1.63. The lowest BCUT2D eigenvalue weighted by Crippen LogP contribution is -2.35. The zero-order valence-electron chi connectivity index (χ0n) is 9.80. The van der Waals surface area contributed by atoms with Crippen molar-refractivity contribution >= 4 is 6.03 Å². The monoisotopic (exact) mass is 238 g/mol. The highest BCUT2D eigenvalue weighted by Gasteiger charge is 2.17. The molecule has 94 valence electrons. The molecule has 2 rings (SSSR count). The number of amides is 2. The summed E-state index contributed by atoms with van der Waals surface area (Å²) in [6.45, 7) is 5.00. The number of carbonyl (C=O) groups excluding carboxylic acids is 1. The summed E-state index contributed by atoms with van der Waals surface area (Å²) in [6.07, 6.45) is 4.55. The number of nitrogens with one attached hydrogen (secondary N) is 2. The van der Waals surface area contributed by atoms with Gasteiger partial charge < -0.3 is 15.5 Å². The molecule has 0 spiro atoms. The second-order valence-corrected chi connectivity index (χ2v) is 3.99. The molecule has 2 heterocycles. The molecule has 0 unspecified atom stereocenters. The predicted octanol–water partition coefficient (Wildman–Crippen LogP) is -0.717. The van der Waals surface area contributed by atoms with Crippen LogP contribution in [0.3, 0.4) is 0 Å². The number of urea groups is 1. The van der Waals surface area contributed by atoms with Gasteiger partial charge >= 0.3 is 6.03 Å². The van der Waals surface area contributed by atoms with Crippen LogP contribution in [-0.4, -0.2) is 58.6 Å². The Morgan fingerprint density at radius 1 is 1.41 bits per heavy atom. The van der Waals surface area contributed by atoms with Crippen LogP contribution in [0.5, 0.6) is 0 Å². The van der Waals surface area contributed by atoms with E-state index < -0.39 is 0 Å². The highest BCUT2D eigenvalue weighted by atomic mass is 16.2. The van der Waals surface area contributed by atoms with Gasteiger partial charge in [-0.3, -0.25) is 4.68 Å². The number of hydrogen-bond acceptors (Lipinski definition) is 4. The minimum absolute atomic E-state index is 0.0504. The van der Waals surface area contributed by atoms with Crippen molar-refractivity contribution in [2.45, 2.75) is 13.0 Å². The fourth-order valence-electron chi connectivity index (χ4n) is 1.78. The van der Waals surface area contributed by atoms with Crippen LogP contribution in [0, 0.1) is 0 Å². The van der Waals surface area contributed by atoms with Gasteiger partial charge in [0, 0.05) is 38.9 Å². The molecule has 0 bridgehead atoms. The molecule has 17 heavy (non-hydrogen) atoms. The molecule has 2 amide bonds. The van der Waals surface area contributed by atoms with E-state index >= 15 is 0 Å². The molecule has 7 nitrogen and oxygen atoms in total. The van der Waals surface area contributed by atoms with Crippen molar-refractivity contribution in [3.63, 3.8) is 0 Å². The van der Waals surface area contributed by atoms with E-state index in [1.54, 1.807) is 6.20 Å². The van der Waals surface area contributed by atoms with Crippen molar-refractivity contribution < 1.29 is 4.79 Å². The Bertz CT molecular complexity index is 339. The van der Waals surface area contributed by atoms with Gasteiger partial charge in [-0.05, 0) is 13.0 Å². The Labute approximate surface area is 100 Å². The number of aryl methyl sites for hydroxylation is 1. The number of nitrogens with zero attached hydrogens (tertiary/aromatic N) is 4. The van der Waals surface area contributed by atoms with E-state index in [-0.39, 0.29) is 6.03 Å².